The first-order chi connectivity index (χ1) is 18.0. The molecule has 0 radical (unpaired) electrons. The van der Waals surface area contributed by atoms with Gasteiger partial charge < -0.3 is 19.6 Å². The van der Waals surface area contributed by atoms with E-state index in [0.717, 1.165) is 4.68 Å². The number of aliphatic imine (C=N–C) groups is 1. The molecule has 0 saturated carbocycles. The summed E-state index contributed by atoms with van der Waals surface area (Å²) in [5.41, 5.74) is 0.372. The Kier molecular flexibility index (Phi) is 7.53. The van der Waals surface area contributed by atoms with Gasteiger partial charge in [0.1, 0.15) is 18.0 Å². The van der Waals surface area contributed by atoms with Crippen molar-refractivity contribution >= 4 is 28.9 Å². The zero-order valence-corrected chi connectivity index (χ0v) is 21.0. The van der Waals surface area contributed by atoms with E-state index in [-0.39, 0.29) is 43.3 Å². The topological polar surface area (TPSA) is 100 Å². The van der Waals surface area contributed by atoms with Crippen LogP contribution in [-0.2, 0) is 17.4 Å². The van der Waals surface area contributed by atoms with E-state index < -0.39 is 17.8 Å². The number of alkyl halides is 3. The van der Waals surface area contributed by atoms with Crippen molar-refractivity contribution in [1.82, 2.24) is 9.78 Å². The fourth-order valence-corrected chi connectivity index (χ4v) is 4.10. The molecule has 2 amide bonds. The quantitative estimate of drug-likeness (QED) is 0.472. The molecule has 3 aromatic rings. The van der Waals surface area contributed by atoms with Gasteiger partial charge in [-0.1, -0.05) is 0 Å². The third-order valence-electron chi connectivity index (χ3n) is 6.24. The second-order valence-electron chi connectivity index (χ2n) is 8.67. The summed E-state index contributed by atoms with van der Waals surface area (Å²) in [6, 6.07) is 12.8. The SMILES string of the molecule is COc1ccc(-n2nc(C(F)(F)F)c3c2C(=O)N(c2ccc(N(C)C(=O)CN=C(C)CO)cc2)CC3)cc1. The summed E-state index contributed by atoms with van der Waals surface area (Å²) in [5.74, 6) is -0.402. The molecule has 2 aromatic carbocycles. The van der Waals surface area contributed by atoms with Crippen LogP contribution < -0.4 is 14.5 Å². The smallest absolute Gasteiger partial charge is 0.435 e. The Labute approximate surface area is 216 Å². The molecule has 200 valence electrons. The highest BCUT2D eigenvalue weighted by molar-refractivity contribution is 6.08. The maximum atomic E-state index is 13.8. The number of methoxy groups -OCH3 is 1. The van der Waals surface area contributed by atoms with E-state index in [1.807, 2.05) is 0 Å². The minimum atomic E-state index is -4.72. The van der Waals surface area contributed by atoms with Gasteiger partial charge in [0, 0.05) is 36.2 Å². The minimum Gasteiger partial charge on any atom is -0.497 e. The number of aromatic nitrogens is 2. The Balaban J connectivity index is 1.64. The number of carbonyl (C=O) groups excluding carboxylic acids is 2. The van der Waals surface area contributed by atoms with Crippen LogP contribution in [0.2, 0.25) is 0 Å². The van der Waals surface area contributed by atoms with Gasteiger partial charge in [-0.05, 0) is 61.9 Å². The Morgan fingerprint density at radius 1 is 1.13 bits per heavy atom. The summed E-state index contributed by atoms with van der Waals surface area (Å²) in [5, 5.41) is 12.8. The van der Waals surface area contributed by atoms with Crippen LogP contribution in [0.1, 0.15) is 28.7 Å². The lowest BCUT2D eigenvalue weighted by molar-refractivity contribution is -0.142. The van der Waals surface area contributed by atoms with Gasteiger partial charge in [-0.3, -0.25) is 14.6 Å². The first-order valence-electron chi connectivity index (χ1n) is 11.7. The Bertz CT molecular complexity index is 1370. The summed E-state index contributed by atoms with van der Waals surface area (Å²) in [6.45, 7) is 1.28. The molecule has 2 heterocycles. The number of carbonyl (C=O) groups is 2. The number of aliphatic hydroxyl groups is 1. The van der Waals surface area contributed by atoms with Crippen molar-refractivity contribution in [3.63, 3.8) is 0 Å². The summed E-state index contributed by atoms with van der Waals surface area (Å²) in [4.78, 5) is 32.7. The van der Waals surface area contributed by atoms with Crippen molar-refractivity contribution in [3.8, 4) is 11.4 Å². The third kappa shape index (κ3) is 5.25. The Hall–Kier alpha value is -4.19. The molecule has 0 atom stereocenters. The van der Waals surface area contributed by atoms with E-state index >= 15 is 0 Å². The summed E-state index contributed by atoms with van der Waals surface area (Å²) >= 11 is 0. The molecule has 0 saturated heterocycles. The fraction of sp³-hybridized carbons (Fsp3) is 0.308. The van der Waals surface area contributed by atoms with Crippen LogP contribution in [0.25, 0.3) is 5.69 Å². The van der Waals surface area contributed by atoms with Gasteiger partial charge in [-0.2, -0.15) is 18.3 Å². The van der Waals surface area contributed by atoms with E-state index in [2.05, 4.69) is 10.1 Å². The van der Waals surface area contributed by atoms with Gasteiger partial charge in [0.2, 0.25) is 5.91 Å². The van der Waals surface area contributed by atoms with E-state index in [0.29, 0.717) is 28.5 Å². The highest BCUT2D eigenvalue weighted by atomic mass is 19.4. The van der Waals surface area contributed by atoms with Gasteiger partial charge in [0.25, 0.3) is 5.91 Å². The van der Waals surface area contributed by atoms with Crippen molar-refractivity contribution in [2.75, 3.05) is 43.7 Å². The predicted molar refractivity (Wildman–Crippen MR) is 135 cm³/mol. The van der Waals surface area contributed by atoms with Crippen LogP contribution in [0.5, 0.6) is 5.75 Å². The van der Waals surface area contributed by atoms with E-state index in [4.69, 9.17) is 9.84 Å². The van der Waals surface area contributed by atoms with Crippen LogP contribution >= 0.6 is 0 Å². The lowest BCUT2D eigenvalue weighted by Crippen LogP contribution is -2.39. The number of amides is 2. The van der Waals surface area contributed by atoms with Crippen molar-refractivity contribution < 1.29 is 32.6 Å². The van der Waals surface area contributed by atoms with Crippen LogP contribution in [0.15, 0.2) is 53.5 Å². The van der Waals surface area contributed by atoms with Crippen LogP contribution in [0.4, 0.5) is 24.5 Å². The van der Waals surface area contributed by atoms with E-state index in [9.17, 15) is 22.8 Å². The van der Waals surface area contributed by atoms with Crippen molar-refractivity contribution in [3.05, 3.63) is 65.5 Å². The molecule has 1 N–H and O–H groups in total. The highest BCUT2D eigenvalue weighted by Gasteiger charge is 2.43. The molecule has 12 heteroatoms. The van der Waals surface area contributed by atoms with Gasteiger partial charge in [-0.25, -0.2) is 4.68 Å². The normalized spacial score (nSPS) is 13.9. The third-order valence-corrected chi connectivity index (χ3v) is 6.24. The molecular weight excluding hydrogens is 503 g/mol. The standard InChI is InChI=1S/C26H26F3N5O4/c1-16(15-35)30-14-22(36)32(2)17-4-6-18(7-5-17)33-13-12-21-23(25(33)37)34(31-24(21)26(27,28)29)19-8-10-20(38-3)11-9-19/h4-11,35H,12-15H2,1-3H3. The molecule has 0 fully saturated rings. The monoisotopic (exact) mass is 529 g/mol. The molecule has 9 nitrogen and oxygen atoms in total. The molecule has 1 aliphatic rings. The van der Waals surface area contributed by atoms with Gasteiger partial charge in [0.05, 0.1) is 19.4 Å². The predicted octanol–water partition coefficient (Wildman–Crippen LogP) is 3.52. The molecule has 0 bridgehead atoms. The molecule has 1 aliphatic heterocycles. The molecular formula is C26H26F3N5O4. The number of likely N-dealkylation sites (N-methyl/N-ethyl adjacent to an activating group) is 1. The van der Waals surface area contributed by atoms with E-state index in [1.54, 1.807) is 50.4 Å². The van der Waals surface area contributed by atoms with Crippen LogP contribution in [0.3, 0.4) is 0 Å². The number of rotatable bonds is 7. The lowest BCUT2D eigenvalue weighted by atomic mass is 10.0. The lowest BCUT2D eigenvalue weighted by Gasteiger charge is -2.28. The average molecular weight is 530 g/mol. The number of anilines is 2. The van der Waals surface area contributed by atoms with Crippen molar-refractivity contribution in [2.24, 2.45) is 4.99 Å². The number of fused-ring (bicyclic) bond motifs is 1. The molecule has 38 heavy (non-hydrogen) atoms. The zero-order valence-electron chi connectivity index (χ0n) is 21.0. The maximum absolute atomic E-state index is 13.8. The van der Waals surface area contributed by atoms with Gasteiger partial charge in [-0.15, -0.1) is 0 Å². The fourth-order valence-electron chi connectivity index (χ4n) is 4.10. The Morgan fingerprint density at radius 3 is 2.34 bits per heavy atom. The Morgan fingerprint density at radius 2 is 1.76 bits per heavy atom. The number of benzene rings is 2. The second-order valence-corrected chi connectivity index (χ2v) is 8.67. The molecule has 0 spiro atoms. The largest absolute Gasteiger partial charge is 0.497 e. The number of hydrogen-bond acceptors (Lipinski definition) is 6. The minimum absolute atomic E-state index is 0.0333. The number of hydrogen-bond donors (Lipinski definition) is 1. The molecule has 0 unspecified atom stereocenters. The molecule has 1 aromatic heterocycles. The maximum Gasteiger partial charge on any atom is 0.435 e. The van der Waals surface area contributed by atoms with Gasteiger partial charge in [0.15, 0.2) is 5.69 Å². The summed E-state index contributed by atoms with van der Waals surface area (Å²) in [6.07, 6.45) is -4.75. The first-order valence-corrected chi connectivity index (χ1v) is 11.7. The van der Waals surface area contributed by atoms with Crippen LogP contribution in [0, 0.1) is 0 Å². The number of nitrogens with zero attached hydrogens (tertiary/aromatic N) is 5. The second kappa shape index (κ2) is 10.7. The number of ether oxygens (including phenoxy) is 1. The van der Waals surface area contributed by atoms with Crippen molar-refractivity contribution in [2.45, 2.75) is 19.5 Å². The van der Waals surface area contributed by atoms with Gasteiger partial charge >= 0.3 is 6.18 Å². The zero-order chi connectivity index (χ0) is 27.6. The summed E-state index contributed by atoms with van der Waals surface area (Å²) < 4.78 is 47.6. The van der Waals surface area contributed by atoms with Crippen LogP contribution in [-0.4, -0.2) is 66.3 Å². The molecule has 4 rings (SSSR count). The van der Waals surface area contributed by atoms with E-state index in [1.165, 1.54) is 29.0 Å². The van der Waals surface area contributed by atoms with Crippen molar-refractivity contribution in [1.29, 1.82) is 0 Å². The number of halogens is 3. The highest BCUT2D eigenvalue weighted by Crippen LogP contribution is 2.37. The first kappa shape index (κ1) is 26.9. The summed E-state index contributed by atoms with van der Waals surface area (Å²) in [7, 11) is 3.05. The number of aliphatic hydroxyl groups excluding tert-OH is 1. The average Bonchev–Trinajstić information content (AvgIpc) is 3.33. The molecule has 0 aliphatic carbocycles.